The maximum absolute atomic E-state index is 5.89. The van der Waals surface area contributed by atoms with Crippen molar-refractivity contribution in [2.75, 3.05) is 11.9 Å². The lowest BCUT2D eigenvalue weighted by atomic mass is 10.2. The average molecular weight is 306 g/mol. The largest absolute Gasteiger partial charge is 0.354 e. The molecule has 3 aromatic rings. The van der Waals surface area contributed by atoms with Crippen molar-refractivity contribution in [3.05, 3.63) is 35.9 Å². The first-order valence-electron chi connectivity index (χ1n) is 6.19. The topological polar surface area (TPSA) is 99.2 Å². The molecule has 0 saturated carbocycles. The molecule has 10 heteroatoms. The van der Waals surface area contributed by atoms with Gasteiger partial charge in [0.05, 0.1) is 6.20 Å². The molecule has 108 valence electrons. The Hall–Kier alpha value is -2.55. The third-order valence-corrected chi connectivity index (χ3v) is 2.84. The summed E-state index contributed by atoms with van der Waals surface area (Å²) in [6.45, 7) is 0.656. The van der Waals surface area contributed by atoms with Crippen LogP contribution in [0, 0.1) is 0 Å². The van der Waals surface area contributed by atoms with E-state index in [9.17, 15) is 0 Å². The van der Waals surface area contributed by atoms with Gasteiger partial charge in [0.15, 0.2) is 0 Å². The Balaban J connectivity index is 1.68. The van der Waals surface area contributed by atoms with Crippen LogP contribution in [-0.2, 0) is 13.5 Å². The Labute approximate surface area is 125 Å². The summed E-state index contributed by atoms with van der Waals surface area (Å²) in [7, 11) is 1.88. The van der Waals surface area contributed by atoms with Gasteiger partial charge in [0.25, 0.3) is 5.95 Å². The lowest BCUT2D eigenvalue weighted by molar-refractivity contribution is 0.766. The molecule has 3 heterocycles. The third-order valence-electron chi connectivity index (χ3n) is 2.68. The molecule has 3 aromatic heterocycles. The summed E-state index contributed by atoms with van der Waals surface area (Å²) < 4.78 is 3.18. The molecule has 21 heavy (non-hydrogen) atoms. The van der Waals surface area contributed by atoms with E-state index in [1.54, 1.807) is 4.68 Å². The molecule has 0 aliphatic heterocycles. The van der Waals surface area contributed by atoms with Crippen molar-refractivity contribution < 1.29 is 0 Å². The maximum Gasteiger partial charge on any atom is 0.258 e. The number of halogens is 1. The zero-order valence-corrected chi connectivity index (χ0v) is 11.9. The van der Waals surface area contributed by atoms with Crippen LogP contribution in [0.1, 0.15) is 5.56 Å². The highest BCUT2D eigenvalue weighted by Crippen LogP contribution is 2.08. The van der Waals surface area contributed by atoms with Crippen LogP contribution in [0.5, 0.6) is 0 Å². The average Bonchev–Trinajstić information content (AvgIpc) is 3.10. The molecule has 9 nitrogen and oxygen atoms in total. The van der Waals surface area contributed by atoms with Crippen molar-refractivity contribution in [1.82, 2.24) is 39.5 Å². The van der Waals surface area contributed by atoms with Gasteiger partial charge in [-0.1, -0.05) is 0 Å². The molecule has 0 aliphatic rings. The zero-order chi connectivity index (χ0) is 14.7. The number of nitrogens with one attached hydrogen (secondary N) is 1. The third kappa shape index (κ3) is 3.31. The van der Waals surface area contributed by atoms with Crippen molar-refractivity contribution in [1.29, 1.82) is 0 Å². The monoisotopic (exact) mass is 305 g/mol. The van der Waals surface area contributed by atoms with E-state index in [-0.39, 0.29) is 5.28 Å². The van der Waals surface area contributed by atoms with Gasteiger partial charge < -0.3 is 5.32 Å². The van der Waals surface area contributed by atoms with Gasteiger partial charge in [-0.15, -0.1) is 0 Å². The number of hydrogen-bond donors (Lipinski definition) is 1. The van der Waals surface area contributed by atoms with E-state index in [0.29, 0.717) is 18.4 Å². The molecule has 0 unspecified atom stereocenters. The quantitative estimate of drug-likeness (QED) is 0.732. The van der Waals surface area contributed by atoms with Crippen molar-refractivity contribution in [2.45, 2.75) is 6.42 Å². The van der Waals surface area contributed by atoms with E-state index in [2.05, 4.69) is 35.5 Å². The standard InChI is InChI=1S/C11H12ClN9/c1-20-5-8(4-15-20)2-3-14-10-17-9(12)18-11(19-10)21-7-13-6-16-21/h4-7H,2-3H2,1H3,(H,14,17,18,19). The summed E-state index contributed by atoms with van der Waals surface area (Å²) in [5.41, 5.74) is 1.13. The van der Waals surface area contributed by atoms with Crippen LogP contribution < -0.4 is 5.32 Å². The van der Waals surface area contributed by atoms with Crippen LogP contribution in [0.4, 0.5) is 5.95 Å². The molecular formula is C11H12ClN9. The van der Waals surface area contributed by atoms with Gasteiger partial charge in [0.1, 0.15) is 12.7 Å². The van der Waals surface area contributed by atoms with Crippen molar-refractivity contribution >= 4 is 17.5 Å². The molecule has 0 aliphatic carbocycles. The van der Waals surface area contributed by atoms with Crippen LogP contribution in [0.2, 0.25) is 5.28 Å². The van der Waals surface area contributed by atoms with E-state index in [4.69, 9.17) is 11.6 Å². The second kappa shape index (κ2) is 5.83. The van der Waals surface area contributed by atoms with Crippen LogP contribution in [0.3, 0.4) is 0 Å². The zero-order valence-electron chi connectivity index (χ0n) is 11.2. The Morgan fingerprint density at radius 3 is 2.86 bits per heavy atom. The van der Waals surface area contributed by atoms with E-state index < -0.39 is 0 Å². The normalized spacial score (nSPS) is 10.8. The van der Waals surface area contributed by atoms with E-state index in [1.165, 1.54) is 17.3 Å². The molecule has 0 bridgehead atoms. The number of anilines is 1. The summed E-state index contributed by atoms with van der Waals surface area (Å²) in [4.78, 5) is 16.1. The van der Waals surface area contributed by atoms with Gasteiger partial charge >= 0.3 is 0 Å². The van der Waals surface area contributed by atoms with Gasteiger partial charge in [0, 0.05) is 19.8 Å². The number of rotatable bonds is 5. The highest BCUT2D eigenvalue weighted by atomic mass is 35.5. The minimum atomic E-state index is 0.0966. The minimum absolute atomic E-state index is 0.0966. The summed E-state index contributed by atoms with van der Waals surface area (Å²) in [5, 5.41) is 11.3. The van der Waals surface area contributed by atoms with Gasteiger partial charge in [-0.25, -0.2) is 4.98 Å². The first-order valence-corrected chi connectivity index (χ1v) is 6.56. The first-order chi connectivity index (χ1) is 10.2. The number of nitrogens with zero attached hydrogens (tertiary/aromatic N) is 8. The van der Waals surface area contributed by atoms with Crippen LogP contribution in [-0.4, -0.2) is 46.0 Å². The van der Waals surface area contributed by atoms with Crippen LogP contribution >= 0.6 is 11.6 Å². The Kier molecular flexibility index (Phi) is 3.73. The van der Waals surface area contributed by atoms with Crippen molar-refractivity contribution in [2.24, 2.45) is 7.05 Å². The first kappa shape index (κ1) is 13.4. The van der Waals surface area contributed by atoms with Gasteiger partial charge in [-0.3, -0.25) is 4.68 Å². The summed E-state index contributed by atoms with van der Waals surface area (Å²) >= 11 is 5.89. The Morgan fingerprint density at radius 1 is 1.24 bits per heavy atom. The molecule has 0 amide bonds. The molecule has 0 radical (unpaired) electrons. The molecule has 0 atom stereocenters. The van der Waals surface area contributed by atoms with Crippen molar-refractivity contribution in [3.63, 3.8) is 0 Å². The second-order valence-electron chi connectivity index (χ2n) is 4.27. The molecular weight excluding hydrogens is 294 g/mol. The van der Waals surface area contributed by atoms with E-state index in [1.807, 2.05) is 19.4 Å². The smallest absolute Gasteiger partial charge is 0.258 e. The lowest BCUT2D eigenvalue weighted by Gasteiger charge is -2.05. The summed E-state index contributed by atoms with van der Waals surface area (Å²) in [5.74, 6) is 0.709. The molecule has 3 rings (SSSR count). The second-order valence-corrected chi connectivity index (χ2v) is 4.61. The SMILES string of the molecule is Cn1cc(CCNc2nc(Cl)nc(-n3cncn3)n2)cn1. The predicted octanol–water partition coefficient (Wildman–Crippen LogP) is 0.494. The fraction of sp³-hybridized carbons (Fsp3) is 0.273. The molecule has 0 aromatic carbocycles. The highest BCUT2D eigenvalue weighted by Gasteiger charge is 2.07. The number of aromatic nitrogens is 8. The number of aryl methyl sites for hydroxylation is 1. The fourth-order valence-corrected chi connectivity index (χ4v) is 1.91. The molecule has 1 N–H and O–H groups in total. The van der Waals surface area contributed by atoms with Gasteiger partial charge in [0.2, 0.25) is 11.2 Å². The van der Waals surface area contributed by atoms with Gasteiger partial charge in [-0.05, 0) is 23.6 Å². The number of hydrogen-bond acceptors (Lipinski definition) is 7. The minimum Gasteiger partial charge on any atom is -0.354 e. The fourth-order valence-electron chi connectivity index (χ4n) is 1.75. The summed E-state index contributed by atoms with van der Waals surface area (Å²) in [6, 6.07) is 0. The van der Waals surface area contributed by atoms with E-state index >= 15 is 0 Å². The molecule has 0 fully saturated rings. The molecule has 0 saturated heterocycles. The maximum atomic E-state index is 5.89. The Bertz CT molecular complexity index is 721. The Morgan fingerprint density at radius 2 is 2.14 bits per heavy atom. The summed E-state index contributed by atoms with van der Waals surface area (Å²) in [6.07, 6.45) is 7.47. The van der Waals surface area contributed by atoms with Gasteiger partial charge in [-0.2, -0.15) is 29.8 Å². The van der Waals surface area contributed by atoms with Crippen LogP contribution in [0.25, 0.3) is 5.95 Å². The van der Waals surface area contributed by atoms with Crippen molar-refractivity contribution in [3.8, 4) is 5.95 Å². The highest BCUT2D eigenvalue weighted by molar-refractivity contribution is 6.28. The van der Waals surface area contributed by atoms with Crippen LogP contribution in [0.15, 0.2) is 25.0 Å². The van der Waals surface area contributed by atoms with E-state index in [0.717, 1.165) is 12.0 Å². The molecule has 0 spiro atoms. The predicted molar refractivity (Wildman–Crippen MR) is 75.2 cm³/mol. The lowest BCUT2D eigenvalue weighted by Crippen LogP contribution is -2.11.